The van der Waals surface area contributed by atoms with E-state index >= 15 is 0 Å². The van der Waals surface area contributed by atoms with Crippen LogP contribution >= 0.6 is 0 Å². The summed E-state index contributed by atoms with van der Waals surface area (Å²) in [7, 11) is 0. The van der Waals surface area contributed by atoms with E-state index < -0.39 is 0 Å². The van der Waals surface area contributed by atoms with Crippen LogP contribution < -0.4 is 0 Å². The minimum absolute atomic E-state index is 0.486. The topological polar surface area (TPSA) is 0 Å². The van der Waals surface area contributed by atoms with E-state index in [0.717, 1.165) is 23.7 Å². The minimum atomic E-state index is 0.486. The standard InChI is InChI=1S/C20H42/c1-9-11-19(10-2)15-14-18(6)20(7,8)17(5)13-12-16(3)4/h16-19H,9-15H2,1-8H3. The lowest BCUT2D eigenvalue weighted by molar-refractivity contribution is 0.112. The van der Waals surface area contributed by atoms with Crippen molar-refractivity contribution in [1.29, 1.82) is 0 Å². The van der Waals surface area contributed by atoms with Crippen LogP contribution in [0.2, 0.25) is 0 Å². The molecule has 20 heavy (non-hydrogen) atoms. The van der Waals surface area contributed by atoms with E-state index in [1.165, 1.54) is 44.9 Å². The first-order chi connectivity index (χ1) is 9.25. The molecule has 0 heterocycles. The van der Waals surface area contributed by atoms with Gasteiger partial charge in [-0.15, -0.1) is 0 Å². The molecule has 0 radical (unpaired) electrons. The first-order valence-corrected chi connectivity index (χ1v) is 9.25. The summed E-state index contributed by atoms with van der Waals surface area (Å²) in [6, 6.07) is 0. The molecule has 0 saturated heterocycles. The number of rotatable bonds is 11. The molecule has 0 aromatic heterocycles. The lowest BCUT2D eigenvalue weighted by Crippen LogP contribution is -2.30. The Balaban J connectivity index is 4.30. The van der Waals surface area contributed by atoms with Gasteiger partial charge in [0, 0.05) is 0 Å². The van der Waals surface area contributed by atoms with E-state index in [1.54, 1.807) is 0 Å². The van der Waals surface area contributed by atoms with Crippen LogP contribution in [0.1, 0.15) is 100 Å². The zero-order valence-electron chi connectivity index (χ0n) is 15.8. The highest BCUT2D eigenvalue weighted by Gasteiger charge is 2.31. The fraction of sp³-hybridized carbons (Fsp3) is 1.00. The van der Waals surface area contributed by atoms with Crippen molar-refractivity contribution in [3.8, 4) is 0 Å². The highest BCUT2D eigenvalue weighted by Crippen LogP contribution is 2.41. The van der Waals surface area contributed by atoms with Crippen molar-refractivity contribution in [1.82, 2.24) is 0 Å². The van der Waals surface area contributed by atoms with Crippen LogP contribution in [0.15, 0.2) is 0 Å². The Morgan fingerprint density at radius 1 is 0.700 bits per heavy atom. The molecule has 122 valence electrons. The summed E-state index contributed by atoms with van der Waals surface area (Å²) in [5.74, 6) is 3.49. The van der Waals surface area contributed by atoms with Crippen molar-refractivity contribution in [2.75, 3.05) is 0 Å². The highest BCUT2D eigenvalue weighted by molar-refractivity contribution is 4.81. The normalized spacial score (nSPS) is 17.2. The van der Waals surface area contributed by atoms with Gasteiger partial charge >= 0.3 is 0 Å². The van der Waals surface area contributed by atoms with Gasteiger partial charge < -0.3 is 0 Å². The average Bonchev–Trinajstić information content (AvgIpc) is 2.39. The van der Waals surface area contributed by atoms with Gasteiger partial charge in [-0.05, 0) is 41.9 Å². The zero-order valence-corrected chi connectivity index (χ0v) is 15.8. The molecule has 0 heteroatoms. The van der Waals surface area contributed by atoms with Crippen LogP contribution in [0.3, 0.4) is 0 Å². The zero-order chi connectivity index (χ0) is 15.8. The van der Waals surface area contributed by atoms with E-state index in [-0.39, 0.29) is 0 Å². The molecule has 0 aromatic carbocycles. The average molecular weight is 283 g/mol. The molecule has 0 bridgehead atoms. The molecule has 0 rings (SSSR count). The SMILES string of the molecule is CCCC(CC)CCC(C)C(C)(C)C(C)CCC(C)C. The van der Waals surface area contributed by atoms with Crippen molar-refractivity contribution in [2.24, 2.45) is 29.1 Å². The van der Waals surface area contributed by atoms with Crippen molar-refractivity contribution < 1.29 is 0 Å². The van der Waals surface area contributed by atoms with Gasteiger partial charge in [0.25, 0.3) is 0 Å². The Bertz CT molecular complexity index is 226. The predicted molar refractivity (Wildman–Crippen MR) is 94.1 cm³/mol. The molecule has 0 aliphatic carbocycles. The largest absolute Gasteiger partial charge is 0.0654 e. The monoisotopic (exact) mass is 282 g/mol. The molecular weight excluding hydrogens is 240 g/mol. The Morgan fingerprint density at radius 3 is 1.60 bits per heavy atom. The third kappa shape index (κ3) is 7.14. The highest BCUT2D eigenvalue weighted by atomic mass is 14.4. The van der Waals surface area contributed by atoms with E-state index in [2.05, 4.69) is 55.4 Å². The molecule has 0 N–H and O–H groups in total. The van der Waals surface area contributed by atoms with Crippen LogP contribution in [0, 0.1) is 29.1 Å². The third-order valence-corrected chi connectivity index (χ3v) is 6.00. The molecule has 3 atom stereocenters. The first-order valence-electron chi connectivity index (χ1n) is 9.25. The van der Waals surface area contributed by atoms with Gasteiger partial charge in [-0.2, -0.15) is 0 Å². The van der Waals surface area contributed by atoms with Crippen molar-refractivity contribution in [3.63, 3.8) is 0 Å². The predicted octanol–water partition coefficient (Wildman–Crippen LogP) is 7.33. The Kier molecular flexibility index (Phi) is 9.85. The van der Waals surface area contributed by atoms with E-state index in [4.69, 9.17) is 0 Å². The van der Waals surface area contributed by atoms with Gasteiger partial charge in [0.1, 0.15) is 0 Å². The maximum Gasteiger partial charge on any atom is -0.0303 e. The van der Waals surface area contributed by atoms with Crippen LogP contribution in [0.25, 0.3) is 0 Å². The lowest BCUT2D eigenvalue weighted by atomic mass is 9.67. The fourth-order valence-corrected chi connectivity index (χ4v) is 3.26. The van der Waals surface area contributed by atoms with Gasteiger partial charge in [0.2, 0.25) is 0 Å². The molecule has 3 unspecified atom stereocenters. The Labute approximate surface area is 130 Å². The summed E-state index contributed by atoms with van der Waals surface area (Å²) in [4.78, 5) is 0. The smallest absolute Gasteiger partial charge is 0.0303 e. The molecule has 0 aromatic rings. The van der Waals surface area contributed by atoms with Crippen molar-refractivity contribution in [3.05, 3.63) is 0 Å². The fourth-order valence-electron chi connectivity index (χ4n) is 3.26. The van der Waals surface area contributed by atoms with Gasteiger partial charge in [0.15, 0.2) is 0 Å². The molecule has 0 nitrogen and oxygen atoms in total. The van der Waals surface area contributed by atoms with Gasteiger partial charge in [-0.3, -0.25) is 0 Å². The van der Waals surface area contributed by atoms with E-state index in [9.17, 15) is 0 Å². The Morgan fingerprint density at radius 2 is 1.20 bits per heavy atom. The molecule has 0 amide bonds. The van der Waals surface area contributed by atoms with Gasteiger partial charge in [-0.25, -0.2) is 0 Å². The van der Waals surface area contributed by atoms with E-state index in [1.807, 2.05) is 0 Å². The number of hydrogen-bond acceptors (Lipinski definition) is 0. The summed E-state index contributed by atoms with van der Waals surface area (Å²) in [5.41, 5.74) is 0.486. The minimum Gasteiger partial charge on any atom is -0.0654 e. The third-order valence-electron chi connectivity index (χ3n) is 6.00. The van der Waals surface area contributed by atoms with Gasteiger partial charge in [-0.1, -0.05) is 87.5 Å². The van der Waals surface area contributed by atoms with Gasteiger partial charge in [0.05, 0.1) is 0 Å². The lowest BCUT2D eigenvalue weighted by Gasteiger charge is -2.39. The van der Waals surface area contributed by atoms with Crippen LogP contribution in [-0.4, -0.2) is 0 Å². The van der Waals surface area contributed by atoms with Crippen molar-refractivity contribution in [2.45, 2.75) is 100 Å². The van der Waals surface area contributed by atoms with Crippen LogP contribution in [-0.2, 0) is 0 Å². The summed E-state index contributed by atoms with van der Waals surface area (Å²) in [6.07, 6.45) is 9.76. The first kappa shape index (κ1) is 20.0. The van der Waals surface area contributed by atoms with Crippen LogP contribution in [0.5, 0.6) is 0 Å². The summed E-state index contributed by atoms with van der Waals surface area (Å²) < 4.78 is 0. The maximum atomic E-state index is 2.50. The molecule has 0 saturated carbocycles. The van der Waals surface area contributed by atoms with Crippen molar-refractivity contribution >= 4 is 0 Å². The summed E-state index contributed by atoms with van der Waals surface area (Å²) >= 11 is 0. The number of hydrogen-bond donors (Lipinski definition) is 0. The molecular formula is C20H42. The Hall–Kier alpha value is 0. The molecule has 0 aliphatic rings. The van der Waals surface area contributed by atoms with Crippen LogP contribution in [0.4, 0.5) is 0 Å². The molecule has 0 aliphatic heterocycles. The molecule has 0 fully saturated rings. The second kappa shape index (κ2) is 9.85. The maximum absolute atomic E-state index is 2.50. The second-order valence-electron chi connectivity index (χ2n) is 8.23. The summed E-state index contributed by atoms with van der Waals surface area (Å²) in [5, 5.41) is 0. The quantitative estimate of drug-likeness (QED) is 0.372. The molecule has 0 spiro atoms. The van der Waals surface area contributed by atoms with E-state index in [0.29, 0.717) is 5.41 Å². The summed E-state index contributed by atoms with van der Waals surface area (Å²) in [6.45, 7) is 19.4. The second-order valence-corrected chi connectivity index (χ2v) is 8.23.